The lowest BCUT2D eigenvalue weighted by molar-refractivity contribution is -0.125. The van der Waals surface area contributed by atoms with Crippen molar-refractivity contribution in [3.05, 3.63) is 35.2 Å². The van der Waals surface area contributed by atoms with Crippen molar-refractivity contribution >= 4 is 23.5 Å². The van der Waals surface area contributed by atoms with Crippen LogP contribution in [0.4, 0.5) is 17.6 Å². The van der Waals surface area contributed by atoms with Crippen molar-refractivity contribution in [1.29, 1.82) is 0 Å². The average molecular weight is 379 g/mol. The van der Waals surface area contributed by atoms with Crippen LogP contribution < -0.4 is 21.7 Å². The minimum absolute atomic E-state index is 0.0341. The highest BCUT2D eigenvalue weighted by Crippen LogP contribution is 2.26. The summed E-state index contributed by atoms with van der Waals surface area (Å²) >= 11 is 0. The molecule has 1 amide bonds. The molecule has 3 heterocycles. The van der Waals surface area contributed by atoms with Crippen LogP contribution in [0.15, 0.2) is 18.3 Å². The Morgan fingerprint density at radius 3 is 2.64 bits per heavy atom. The van der Waals surface area contributed by atoms with Gasteiger partial charge in [0.15, 0.2) is 0 Å². The molecule has 0 spiro atoms. The number of carbonyl (C=O) groups excluding carboxylic acids is 1. The predicted molar refractivity (Wildman–Crippen MR) is 109 cm³/mol. The average Bonchev–Trinajstić information content (AvgIpc) is 2.68. The van der Waals surface area contributed by atoms with Crippen LogP contribution in [0.5, 0.6) is 0 Å². The van der Waals surface area contributed by atoms with E-state index in [2.05, 4.69) is 37.0 Å². The zero-order chi connectivity index (χ0) is 20.1. The van der Waals surface area contributed by atoms with Crippen molar-refractivity contribution in [1.82, 2.24) is 20.3 Å². The molecule has 0 aliphatic carbocycles. The Bertz CT molecular complexity index is 907. The molecule has 0 bridgehead atoms. The van der Waals surface area contributed by atoms with Gasteiger partial charge in [-0.15, -0.1) is 0 Å². The molecule has 0 saturated carbocycles. The predicted octanol–water partition coefficient (Wildman–Crippen LogP) is 1.10. The lowest BCUT2D eigenvalue weighted by Gasteiger charge is -2.32. The Morgan fingerprint density at radius 2 is 2.00 bits per heavy atom. The van der Waals surface area contributed by atoms with Gasteiger partial charge in [-0.05, 0) is 38.8 Å². The molecule has 3 rings (SSSR count). The molecule has 1 aliphatic rings. The Labute approximate surface area is 164 Å². The van der Waals surface area contributed by atoms with Crippen molar-refractivity contribution in [2.45, 2.75) is 26.7 Å². The van der Waals surface area contributed by atoms with Gasteiger partial charge < -0.3 is 21.7 Å². The van der Waals surface area contributed by atoms with Gasteiger partial charge in [-0.25, -0.2) is 9.97 Å². The Kier molecular flexibility index (Phi) is 5.94. The number of aryl methyl sites for hydroxylation is 1. The Morgan fingerprint density at radius 1 is 1.25 bits per heavy atom. The fourth-order valence-corrected chi connectivity index (χ4v) is 3.24. The molecule has 2 aromatic heterocycles. The molecule has 8 heteroatoms. The number of nitrogen functional groups attached to an aromatic ring is 2. The number of rotatable bonds is 3. The normalized spacial score (nSPS) is 14.3. The van der Waals surface area contributed by atoms with Crippen LogP contribution in [-0.2, 0) is 4.79 Å². The number of anilines is 3. The second-order valence-electron chi connectivity index (χ2n) is 6.74. The van der Waals surface area contributed by atoms with Gasteiger partial charge in [-0.1, -0.05) is 11.8 Å². The van der Waals surface area contributed by atoms with E-state index in [0.29, 0.717) is 12.4 Å². The highest BCUT2D eigenvalue weighted by molar-refractivity contribution is 5.79. The first-order valence-corrected chi connectivity index (χ1v) is 9.38. The molecular formula is C20H25N7O. The highest BCUT2D eigenvalue weighted by Gasteiger charge is 2.27. The summed E-state index contributed by atoms with van der Waals surface area (Å²) < 4.78 is 0. The summed E-state index contributed by atoms with van der Waals surface area (Å²) in [5.74, 6) is 7.80. The lowest BCUT2D eigenvalue weighted by Crippen LogP contribution is -2.41. The van der Waals surface area contributed by atoms with Gasteiger partial charge >= 0.3 is 0 Å². The first-order valence-electron chi connectivity index (χ1n) is 9.38. The number of piperidine rings is 1. The highest BCUT2D eigenvalue weighted by atomic mass is 16.1. The molecular weight excluding hydrogens is 354 g/mol. The maximum Gasteiger partial charge on any atom is 0.223 e. The standard InChI is InChI=1S/C20H25N7O/c1-3-23-19(28)15-8-10-27(11-9-15)18-16(13(2)25-20(22)26-18)6-4-14-5-7-17(21)24-12-14/h5,7,12,15H,3,8-11H2,1-2H3,(H2,21,24)(H,23,28)(H2,22,25,26). The number of nitrogens with zero attached hydrogens (tertiary/aromatic N) is 4. The Balaban J connectivity index is 1.84. The van der Waals surface area contributed by atoms with Crippen LogP contribution in [0.1, 0.15) is 36.6 Å². The number of amides is 1. The quantitative estimate of drug-likeness (QED) is 0.682. The third-order valence-corrected chi connectivity index (χ3v) is 4.72. The largest absolute Gasteiger partial charge is 0.384 e. The van der Waals surface area contributed by atoms with Crippen LogP contribution in [0.2, 0.25) is 0 Å². The van der Waals surface area contributed by atoms with Gasteiger partial charge in [0.05, 0.1) is 11.3 Å². The summed E-state index contributed by atoms with van der Waals surface area (Å²) in [5, 5.41) is 2.90. The van der Waals surface area contributed by atoms with Crippen molar-refractivity contribution in [3.63, 3.8) is 0 Å². The molecule has 1 fully saturated rings. The summed E-state index contributed by atoms with van der Waals surface area (Å²) in [6.45, 7) is 5.89. The van der Waals surface area contributed by atoms with Gasteiger partial charge in [-0.2, -0.15) is 4.98 Å². The molecule has 1 saturated heterocycles. The maximum atomic E-state index is 12.1. The summed E-state index contributed by atoms with van der Waals surface area (Å²) in [5.41, 5.74) is 13.7. The van der Waals surface area contributed by atoms with Crippen molar-refractivity contribution in [2.24, 2.45) is 5.92 Å². The lowest BCUT2D eigenvalue weighted by atomic mass is 9.95. The van der Waals surface area contributed by atoms with Crippen LogP contribution in [0, 0.1) is 24.7 Å². The molecule has 146 valence electrons. The number of pyridine rings is 1. The SMILES string of the molecule is CCNC(=O)C1CCN(c2nc(N)nc(C)c2C#Cc2ccc(N)nc2)CC1. The minimum atomic E-state index is 0.0341. The van der Waals surface area contributed by atoms with E-state index in [4.69, 9.17) is 11.5 Å². The molecule has 5 N–H and O–H groups in total. The molecule has 8 nitrogen and oxygen atoms in total. The molecule has 1 aliphatic heterocycles. The van der Waals surface area contributed by atoms with Crippen molar-refractivity contribution in [3.8, 4) is 11.8 Å². The number of nitrogens with two attached hydrogens (primary N) is 2. The van der Waals surface area contributed by atoms with Gasteiger partial charge in [0, 0.05) is 37.3 Å². The van der Waals surface area contributed by atoms with Crippen LogP contribution in [-0.4, -0.2) is 40.5 Å². The minimum Gasteiger partial charge on any atom is -0.384 e. The van der Waals surface area contributed by atoms with E-state index in [1.165, 1.54) is 0 Å². The van der Waals surface area contributed by atoms with Gasteiger partial charge in [0.1, 0.15) is 11.6 Å². The second kappa shape index (κ2) is 8.57. The molecule has 0 radical (unpaired) electrons. The van der Waals surface area contributed by atoms with E-state index >= 15 is 0 Å². The molecule has 0 aromatic carbocycles. The summed E-state index contributed by atoms with van der Waals surface area (Å²) in [6.07, 6.45) is 3.17. The van der Waals surface area contributed by atoms with E-state index in [0.717, 1.165) is 48.6 Å². The number of hydrogen-bond donors (Lipinski definition) is 3. The van der Waals surface area contributed by atoms with E-state index in [1.54, 1.807) is 12.3 Å². The second-order valence-corrected chi connectivity index (χ2v) is 6.74. The molecule has 0 unspecified atom stereocenters. The fraction of sp³-hybridized carbons (Fsp3) is 0.400. The van der Waals surface area contributed by atoms with E-state index in [9.17, 15) is 4.79 Å². The smallest absolute Gasteiger partial charge is 0.223 e. The first kappa shape index (κ1) is 19.4. The number of aromatic nitrogens is 3. The summed E-state index contributed by atoms with van der Waals surface area (Å²) in [7, 11) is 0. The molecule has 28 heavy (non-hydrogen) atoms. The topological polar surface area (TPSA) is 123 Å². The summed E-state index contributed by atoms with van der Waals surface area (Å²) in [4.78, 5) is 27.0. The number of carbonyl (C=O) groups is 1. The van der Waals surface area contributed by atoms with Crippen LogP contribution >= 0.6 is 0 Å². The van der Waals surface area contributed by atoms with E-state index < -0.39 is 0 Å². The first-order chi connectivity index (χ1) is 13.5. The zero-order valence-corrected chi connectivity index (χ0v) is 16.2. The van der Waals surface area contributed by atoms with Gasteiger partial charge in [0.25, 0.3) is 0 Å². The fourth-order valence-electron chi connectivity index (χ4n) is 3.24. The third kappa shape index (κ3) is 4.49. The van der Waals surface area contributed by atoms with E-state index in [-0.39, 0.29) is 17.8 Å². The third-order valence-electron chi connectivity index (χ3n) is 4.72. The van der Waals surface area contributed by atoms with E-state index in [1.807, 2.05) is 19.9 Å². The number of hydrogen-bond acceptors (Lipinski definition) is 7. The van der Waals surface area contributed by atoms with Crippen LogP contribution in [0.25, 0.3) is 0 Å². The zero-order valence-electron chi connectivity index (χ0n) is 16.2. The van der Waals surface area contributed by atoms with Gasteiger partial charge in [-0.3, -0.25) is 4.79 Å². The van der Waals surface area contributed by atoms with Gasteiger partial charge in [0.2, 0.25) is 11.9 Å². The summed E-state index contributed by atoms with van der Waals surface area (Å²) in [6, 6.07) is 3.53. The Hall–Kier alpha value is -3.34. The van der Waals surface area contributed by atoms with Crippen LogP contribution in [0.3, 0.4) is 0 Å². The molecule has 0 atom stereocenters. The van der Waals surface area contributed by atoms with Crippen molar-refractivity contribution < 1.29 is 4.79 Å². The van der Waals surface area contributed by atoms with Crippen molar-refractivity contribution in [2.75, 3.05) is 36.0 Å². The maximum absolute atomic E-state index is 12.1. The molecule has 2 aromatic rings. The number of nitrogens with one attached hydrogen (secondary N) is 1. The monoisotopic (exact) mass is 379 g/mol.